The van der Waals surface area contributed by atoms with E-state index in [-0.39, 0.29) is 11.9 Å². The van der Waals surface area contributed by atoms with Crippen molar-refractivity contribution in [2.75, 3.05) is 38.0 Å². The summed E-state index contributed by atoms with van der Waals surface area (Å²) in [5.41, 5.74) is 8.55. The van der Waals surface area contributed by atoms with Crippen molar-refractivity contribution in [3.05, 3.63) is 65.7 Å². The van der Waals surface area contributed by atoms with Crippen LogP contribution in [0.1, 0.15) is 11.1 Å². The van der Waals surface area contributed by atoms with E-state index in [0.717, 1.165) is 12.1 Å². The molecule has 3 rings (SSSR count). The van der Waals surface area contributed by atoms with Gasteiger partial charge in [-0.05, 0) is 24.6 Å². The van der Waals surface area contributed by atoms with E-state index < -0.39 is 6.04 Å². The summed E-state index contributed by atoms with van der Waals surface area (Å²) in [6.45, 7) is 5.15. The molecule has 7 heteroatoms. The molecule has 7 nitrogen and oxygen atoms in total. The Bertz CT molecular complexity index is 810. The smallest absolute Gasteiger partial charge is 0.322 e. The minimum absolute atomic E-state index is 0.174. The van der Waals surface area contributed by atoms with Gasteiger partial charge in [0.05, 0.1) is 0 Å². The lowest BCUT2D eigenvalue weighted by Crippen LogP contribution is -2.61. The average molecular weight is 396 g/mol. The fourth-order valence-corrected chi connectivity index (χ4v) is 3.44. The van der Waals surface area contributed by atoms with Crippen LogP contribution in [0.2, 0.25) is 0 Å². The standard InChI is InChI=1S/C22H29N5O2/c1-17-7-9-19(10-8-17)25-22(29)27-14-13-26(15-18-5-3-2-4-6-18)16-20(27)21(28)24-12-11-23/h2-10,20H,11-16,23H2,1H3,(H,24,28)(H,25,29). The number of carbonyl (C=O) groups is 2. The molecule has 0 spiro atoms. The van der Waals surface area contributed by atoms with Gasteiger partial charge in [-0.2, -0.15) is 0 Å². The third-order valence-electron chi connectivity index (χ3n) is 5.02. The molecule has 0 aliphatic carbocycles. The topological polar surface area (TPSA) is 90.7 Å². The first-order valence-electron chi connectivity index (χ1n) is 9.95. The fraction of sp³-hybridized carbons (Fsp3) is 0.364. The molecule has 0 radical (unpaired) electrons. The first-order valence-corrected chi connectivity index (χ1v) is 9.95. The molecule has 1 saturated heterocycles. The number of hydrogen-bond donors (Lipinski definition) is 3. The average Bonchev–Trinajstić information content (AvgIpc) is 2.74. The summed E-state index contributed by atoms with van der Waals surface area (Å²) in [7, 11) is 0. The highest BCUT2D eigenvalue weighted by Gasteiger charge is 2.35. The van der Waals surface area contributed by atoms with E-state index >= 15 is 0 Å². The van der Waals surface area contributed by atoms with Crippen LogP contribution in [0.4, 0.5) is 10.5 Å². The quantitative estimate of drug-likeness (QED) is 0.696. The number of anilines is 1. The van der Waals surface area contributed by atoms with Crippen molar-refractivity contribution in [2.24, 2.45) is 5.73 Å². The molecule has 1 unspecified atom stereocenters. The lowest BCUT2D eigenvalue weighted by atomic mass is 10.1. The molecule has 1 atom stereocenters. The molecule has 29 heavy (non-hydrogen) atoms. The second-order valence-corrected chi connectivity index (χ2v) is 7.31. The minimum Gasteiger partial charge on any atom is -0.353 e. The number of urea groups is 1. The summed E-state index contributed by atoms with van der Waals surface area (Å²) in [5, 5.41) is 5.74. The Balaban J connectivity index is 1.69. The highest BCUT2D eigenvalue weighted by molar-refractivity contribution is 5.94. The molecule has 2 aromatic carbocycles. The molecule has 4 N–H and O–H groups in total. The number of hydrogen-bond acceptors (Lipinski definition) is 4. The summed E-state index contributed by atoms with van der Waals surface area (Å²) in [4.78, 5) is 29.5. The monoisotopic (exact) mass is 395 g/mol. The maximum atomic E-state index is 12.9. The number of aryl methyl sites for hydroxylation is 1. The van der Waals surface area contributed by atoms with Gasteiger partial charge < -0.3 is 21.3 Å². The molecule has 154 valence electrons. The van der Waals surface area contributed by atoms with Crippen molar-refractivity contribution < 1.29 is 9.59 Å². The lowest BCUT2D eigenvalue weighted by Gasteiger charge is -2.40. The summed E-state index contributed by atoms with van der Waals surface area (Å²) >= 11 is 0. The van der Waals surface area contributed by atoms with Crippen LogP contribution in [-0.2, 0) is 11.3 Å². The Morgan fingerprint density at radius 2 is 1.79 bits per heavy atom. The molecule has 0 bridgehead atoms. The van der Waals surface area contributed by atoms with E-state index in [4.69, 9.17) is 5.73 Å². The maximum Gasteiger partial charge on any atom is 0.322 e. The first kappa shape index (κ1) is 20.8. The van der Waals surface area contributed by atoms with Crippen LogP contribution in [0.3, 0.4) is 0 Å². The number of piperazine rings is 1. The van der Waals surface area contributed by atoms with Crippen molar-refractivity contribution in [3.63, 3.8) is 0 Å². The van der Waals surface area contributed by atoms with Gasteiger partial charge in [0.1, 0.15) is 6.04 Å². The molecule has 1 fully saturated rings. The van der Waals surface area contributed by atoms with E-state index in [1.54, 1.807) is 4.90 Å². The lowest BCUT2D eigenvalue weighted by molar-refractivity contribution is -0.127. The normalized spacial score (nSPS) is 17.0. The SMILES string of the molecule is Cc1ccc(NC(=O)N2CCN(Cc3ccccc3)CC2C(=O)NCCN)cc1. The molecule has 0 saturated carbocycles. The fourth-order valence-electron chi connectivity index (χ4n) is 3.44. The van der Waals surface area contributed by atoms with Crippen LogP contribution in [0.25, 0.3) is 0 Å². The number of rotatable bonds is 6. The van der Waals surface area contributed by atoms with Crippen molar-refractivity contribution >= 4 is 17.6 Å². The summed E-state index contributed by atoms with van der Waals surface area (Å²) in [6.07, 6.45) is 0. The molecule has 3 amide bonds. The van der Waals surface area contributed by atoms with Crippen molar-refractivity contribution in [2.45, 2.75) is 19.5 Å². The van der Waals surface area contributed by atoms with Gasteiger partial charge in [-0.3, -0.25) is 9.69 Å². The van der Waals surface area contributed by atoms with Gasteiger partial charge in [0.2, 0.25) is 5.91 Å². The van der Waals surface area contributed by atoms with Crippen LogP contribution < -0.4 is 16.4 Å². The second-order valence-electron chi connectivity index (χ2n) is 7.31. The molecular formula is C22H29N5O2. The maximum absolute atomic E-state index is 12.9. The van der Waals surface area contributed by atoms with Crippen LogP contribution in [0.5, 0.6) is 0 Å². The van der Waals surface area contributed by atoms with Gasteiger partial charge >= 0.3 is 6.03 Å². The van der Waals surface area contributed by atoms with Gasteiger partial charge in [-0.1, -0.05) is 48.0 Å². The van der Waals surface area contributed by atoms with E-state index in [2.05, 4.69) is 27.7 Å². The molecule has 0 aromatic heterocycles. The van der Waals surface area contributed by atoms with Crippen molar-refractivity contribution in [3.8, 4) is 0 Å². The van der Waals surface area contributed by atoms with Gasteiger partial charge in [0, 0.05) is 45.0 Å². The minimum atomic E-state index is -0.565. The first-order chi connectivity index (χ1) is 14.1. The third kappa shape index (κ3) is 5.79. The van der Waals surface area contributed by atoms with Gasteiger partial charge in [-0.15, -0.1) is 0 Å². The number of carbonyl (C=O) groups excluding carboxylic acids is 2. The summed E-state index contributed by atoms with van der Waals surface area (Å²) in [5.74, 6) is -0.174. The second kappa shape index (κ2) is 10.0. The number of nitrogens with one attached hydrogen (secondary N) is 2. The largest absolute Gasteiger partial charge is 0.353 e. The highest BCUT2D eigenvalue weighted by Crippen LogP contribution is 2.16. The van der Waals surface area contributed by atoms with Crippen LogP contribution in [-0.4, -0.2) is 60.5 Å². The Morgan fingerprint density at radius 1 is 1.07 bits per heavy atom. The zero-order valence-electron chi connectivity index (χ0n) is 16.8. The van der Waals surface area contributed by atoms with Gasteiger partial charge in [-0.25, -0.2) is 4.79 Å². The van der Waals surface area contributed by atoms with Crippen molar-refractivity contribution in [1.29, 1.82) is 0 Å². The summed E-state index contributed by atoms with van der Waals surface area (Å²) < 4.78 is 0. The Hall–Kier alpha value is -2.90. The predicted octanol–water partition coefficient (Wildman–Crippen LogP) is 1.79. The Kier molecular flexibility index (Phi) is 7.21. The summed E-state index contributed by atoms with van der Waals surface area (Å²) in [6, 6.07) is 16.9. The van der Waals surface area contributed by atoms with Crippen LogP contribution >= 0.6 is 0 Å². The molecule has 1 aliphatic rings. The highest BCUT2D eigenvalue weighted by atomic mass is 16.2. The zero-order valence-corrected chi connectivity index (χ0v) is 16.8. The Morgan fingerprint density at radius 3 is 2.48 bits per heavy atom. The molecule has 1 heterocycles. The number of amides is 3. The predicted molar refractivity (Wildman–Crippen MR) is 114 cm³/mol. The van der Waals surface area contributed by atoms with E-state index in [0.29, 0.717) is 38.4 Å². The van der Waals surface area contributed by atoms with Gasteiger partial charge in [0.15, 0.2) is 0 Å². The van der Waals surface area contributed by atoms with E-state index in [1.807, 2.05) is 49.4 Å². The molecule has 2 aromatic rings. The van der Waals surface area contributed by atoms with E-state index in [9.17, 15) is 9.59 Å². The molecular weight excluding hydrogens is 366 g/mol. The Labute approximate surface area is 171 Å². The van der Waals surface area contributed by atoms with Crippen LogP contribution in [0, 0.1) is 6.92 Å². The van der Waals surface area contributed by atoms with Gasteiger partial charge in [0.25, 0.3) is 0 Å². The van der Waals surface area contributed by atoms with Crippen LogP contribution in [0.15, 0.2) is 54.6 Å². The van der Waals surface area contributed by atoms with E-state index in [1.165, 1.54) is 5.56 Å². The number of benzene rings is 2. The van der Waals surface area contributed by atoms with Crippen molar-refractivity contribution in [1.82, 2.24) is 15.1 Å². The molecule has 1 aliphatic heterocycles. The zero-order chi connectivity index (χ0) is 20.6. The third-order valence-corrected chi connectivity index (χ3v) is 5.02. The number of nitrogens with two attached hydrogens (primary N) is 1. The number of nitrogens with zero attached hydrogens (tertiary/aromatic N) is 2.